The first kappa shape index (κ1) is 20.8. The number of hydrogen-bond donors (Lipinski definition) is 2. The average Bonchev–Trinajstić information content (AvgIpc) is 2.64. The maximum Gasteiger partial charge on any atom is 0.337 e. The van der Waals surface area contributed by atoms with Crippen LogP contribution in [0.4, 0.5) is 10.5 Å². The van der Waals surface area contributed by atoms with E-state index in [1.807, 2.05) is 6.92 Å². The molecule has 2 unspecified atom stereocenters. The number of benzene rings is 1. The molecule has 0 spiro atoms. The fourth-order valence-corrected chi connectivity index (χ4v) is 2.99. The van der Waals surface area contributed by atoms with Crippen molar-refractivity contribution in [1.29, 1.82) is 0 Å². The van der Waals surface area contributed by atoms with E-state index in [0.29, 0.717) is 29.1 Å². The molecule has 2 rings (SSSR count). The van der Waals surface area contributed by atoms with Crippen LogP contribution in [0.25, 0.3) is 0 Å². The summed E-state index contributed by atoms with van der Waals surface area (Å²) in [5, 5.41) is 4.88. The van der Waals surface area contributed by atoms with E-state index < -0.39 is 17.4 Å². The van der Waals surface area contributed by atoms with Crippen LogP contribution in [0.5, 0.6) is 0 Å². The normalized spacial score (nSPS) is 18.0. The van der Waals surface area contributed by atoms with Crippen molar-refractivity contribution in [2.45, 2.75) is 38.6 Å². The van der Waals surface area contributed by atoms with Crippen LogP contribution in [0.1, 0.15) is 38.8 Å². The van der Waals surface area contributed by atoms with Gasteiger partial charge in [-0.25, -0.2) is 9.59 Å². The summed E-state index contributed by atoms with van der Waals surface area (Å²) in [6.07, 6.45) is 0.752. The monoisotopic (exact) mass is 393 g/mol. The molecule has 2 N–H and O–H groups in total. The second-order valence-electron chi connectivity index (χ2n) is 6.26. The summed E-state index contributed by atoms with van der Waals surface area (Å²) in [5.74, 6) is -0.849. The molecule has 0 aliphatic carbocycles. The molecule has 1 aliphatic rings. The highest BCUT2D eigenvalue weighted by Crippen LogP contribution is 2.32. The third-order valence-corrected chi connectivity index (χ3v) is 4.50. The smallest absolute Gasteiger partial charge is 0.337 e. The predicted octanol–water partition coefficient (Wildman–Crippen LogP) is 3.18. The zero-order valence-corrected chi connectivity index (χ0v) is 16.6. The fourth-order valence-electron chi connectivity index (χ4n) is 2.94. The topological polar surface area (TPSA) is 87.7 Å². The highest BCUT2D eigenvalue weighted by Gasteiger charge is 2.36. The molecule has 7 nitrogen and oxygen atoms in total. The lowest BCUT2D eigenvalue weighted by Crippen LogP contribution is -2.48. The quantitative estimate of drug-likeness (QED) is 0.574. The predicted molar refractivity (Wildman–Crippen MR) is 103 cm³/mol. The second kappa shape index (κ2) is 8.90. The molecule has 27 heavy (non-hydrogen) atoms. The number of allylic oxidation sites excluding steroid dienone is 1. The van der Waals surface area contributed by atoms with Crippen molar-refractivity contribution in [1.82, 2.24) is 10.2 Å². The molecule has 0 bridgehead atoms. The van der Waals surface area contributed by atoms with Crippen LogP contribution < -0.4 is 10.6 Å². The molecule has 1 aromatic carbocycles. The molecule has 2 atom stereocenters. The number of hydrogen-bond acceptors (Lipinski definition) is 4. The number of esters is 1. The number of rotatable bonds is 6. The Morgan fingerprint density at radius 3 is 2.70 bits per heavy atom. The van der Waals surface area contributed by atoms with Crippen molar-refractivity contribution in [3.8, 4) is 0 Å². The van der Waals surface area contributed by atoms with Gasteiger partial charge in [-0.3, -0.25) is 9.69 Å². The summed E-state index contributed by atoms with van der Waals surface area (Å²) < 4.78 is 4.94. The minimum atomic E-state index is -0.682. The van der Waals surface area contributed by atoms with Gasteiger partial charge in [-0.1, -0.05) is 19.1 Å². The van der Waals surface area contributed by atoms with Crippen molar-refractivity contribution >= 4 is 35.2 Å². The van der Waals surface area contributed by atoms with E-state index in [2.05, 4.69) is 10.6 Å². The Balaban J connectivity index is 2.45. The highest BCUT2D eigenvalue weighted by atomic mass is 35.5. The average molecular weight is 394 g/mol. The van der Waals surface area contributed by atoms with Gasteiger partial charge in [0, 0.05) is 17.9 Å². The maximum absolute atomic E-state index is 12.5. The van der Waals surface area contributed by atoms with Crippen molar-refractivity contribution < 1.29 is 19.1 Å². The SMILES string of the molecule is CCCN1C(=O)NC(c2cccc(NC(=O)C(C)Cl)c2)C(C(=O)OC)=C1C. The Hall–Kier alpha value is -2.54. The number of nitrogens with one attached hydrogen (secondary N) is 2. The van der Waals surface area contributed by atoms with E-state index in [9.17, 15) is 14.4 Å². The molecule has 8 heteroatoms. The molecule has 146 valence electrons. The van der Waals surface area contributed by atoms with Gasteiger partial charge in [0.05, 0.1) is 18.7 Å². The van der Waals surface area contributed by atoms with Gasteiger partial charge < -0.3 is 15.4 Å². The number of urea groups is 1. The van der Waals surface area contributed by atoms with Crippen LogP contribution in [-0.2, 0) is 14.3 Å². The number of methoxy groups -OCH3 is 1. The van der Waals surface area contributed by atoms with Crippen molar-refractivity contribution in [2.24, 2.45) is 0 Å². The van der Waals surface area contributed by atoms with E-state index in [4.69, 9.17) is 16.3 Å². The molecule has 0 radical (unpaired) electrons. The number of halogens is 1. The largest absolute Gasteiger partial charge is 0.466 e. The number of amides is 3. The van der Waals surface area contributed by atoms with Crippen LogP contribution in [0.3, 0.4) is 0 Å². The summed E-state index contributed by atoms with van der Waals surface area (Å²) in [5.41, 5.74) is 2.09. The number of alkyl halides is 1. The van der Waals surface area contributed by atoms with E-state index in [-0.39, 0.29) is 11.9 Å². The number of ether oxygens (including phenoxy) is 1. The summed E-state index contributed by atoms with van der Waals surface area (Å²) in [6, 6.07) is 5.96. The van der Waals surface area contributed by atoms with Crippen molar-refractivity contribution in [2.75, 3.05) is 19.0 Å². The molecule has 1 heterocycles. The molecule has 0 fully saturated rings. The molecule has 0 saturated heterocycles. The third-order valence-electron chi connectivity index (χ3n) is 4.30. The Labute approximate surface area is 163 Å². The Bertz CT molecular complexity index is 776. The molecule has 1 aromatic rings. The number of nitrogens with zero attached hydrogens (tertiary/aromatic N) is 1. The number of carbonyl (C=O) groups is 3. The minimum absolute atomic E-state index is 0.282. The summed E-state index contributed by atoms with van der Waals surface area (Å²) >= 11 is 5.79. The van der Waals surface area contributed by atoms with E-state index in [0.717, 1.165) is 6.42 Å². The standard InChI is InChI=1S/C19H24ClN3O4/c1-5-9-23-12(3)15(18(25)27-4)16(22-19(23)26)13-7-6-8-14(10-13)21-17(24)11(2)20/h6-8,10-11,16H,5,9H2,1-4H3,(H,21,24)(H,22,26). The van der Waals surface area contributed by atoms with Gasteiger partial charge in [-0.05, 0) is 38.0 Å². The van der Waals surface area contributed by atoms with Crippen LogP contribution in [0, 0.1) is 0 Å². The van der Waals surface area contributed by atoms with Crippen LogP contribution >= 0.6 is 11.6 Å². The minimum Gasteiger partial charge on any atom is -0.466 e. The first-order valence-electron chi connectivity index (χ1n) is 8.72. The van der Waals surface area contributed by atoms with Gasteiger partial charge in [-0.15, -0.1) is 11.6 Å². The molecule has 0 aromatic heterocycles. The zero-order valence-electron chi connectivity index (χ0n) is 15.8. The molecule has 3 amide bonds. The van der Waals surface area contributed by atoms with Crippen molar-refractivity contribution in [3.63, 3.8) is 0 Å². The van der Waals surface area contributed by atoms with Gasteiger partial charge in [0.25, 0.3) is 0 Å². The van der Waals surface area contributed by atoms with E-state index in [1.54, 1.807) is 38.1 Å². The lowest BCUT2D eigenvalue weighted by molar-refractivity contribution is -0.136. The Morgan fingerprint density at radius 1 is 1.41 bits per heavy atom. The first-order chi connectivity index (χ1) is 12.8. The fraction of sp³-hybridized carbons (Fsp3) is 0.421. The highest BCUT2D eigenvalue weighted by molar-refractivity contribution is 6.32. The molecular weight excluding hydrogens is 370 g/mol. The van der Waals surface area contributed by atoms with Crippen LogP contribution in [0.15, 0.2) is 35.5 Å². The van der Waals surface area contributed by atoms with E-state index >= 15 is 0 Å². The summed E-state index contributed by atoms with van der Waals surface area (Å²) in [7, 11) is 1.30. The Morgan fingerprint density at radius 2 is 2.11 bits per heavy atom. The van der Waals surface area contributed by atoms with E-state index in [1.165, 1.54) is 12.0 Å². The lowest BCUT2D eigenvalue weighted by Gasteiger charge is -2.35. The molecule has 0 saturated carbocycles. The van der Waals surface area contributed by atoms with Gasteiger partial charge in [0.1, 0.15) is 5.38 Å². The second-order valence-corrected chi connectivity index (χ2v) is 6.91. The maximum atomic E-state index is 12.5. The number of carbonyl (C=O) groups excluding carboxylic acids is 3. The van der Waals surface area contributed by atoms with Crippen LogP contribution in [-0.4, -0.2) is 41.8 Å². The van der Waals surface area contributed by atoms with Gasteiger partial charge in [0.15, 0.2) is 0 Å². The van der Waals surface area contributed by atoms with Crippen LogP contribution in [0.2, 0.25) is 0 Å². The van der Waals surface area contributed by atoms with Gasteiger partial charge in [0.2, 0.25) is 5.91 Å². The van der Waals surface area contributed by atoms with Gasteiger partial charge in [-0.2, -0.15) is 0 Å². The molecule has 1 aliphatic heterocycles. The van der Waals surface area contributed by atoms with Gasteiger partial charge >= 0.3 is 12.0 Å². The lowest BCUT2D eigenvalue weighted by atomic mass is 9.94. The third kappa shape index (κ3) is 4.60. The first-order valence-corrected chi connectivity index (χ1v) is 9.15. The zero-order chi connectivity index (χ0) is 20.1. The Kier molecular flexibility index (Phi) is 6.85. The summed E-state index contributed by atoms with van der Waals surface area (Å²) in [6.45, 7) is 5.75. The number of anilines is 1. The molecular formula is C19H24ClN3O4. The van der Waals surface area contributed by atoms with Crippen molar-refractivity contribution in [3.05, 3.63) is 41.1 Å². The summed E-state index contributed by atoms with van der Waals surface area (Å²) in [4.78, 5) is 38.3.